The summed E-state index contributed by atoms with van der Waals surface area (Å²) in [5.74, 6) is 0.729. The first kappa shape index (κ1) is 23.4. The van der Waals surface area contributed by atoms with Crippen LogP contribution >= 0.6 is 0 Å². The normalized spacial score (nSPS) is 17.6. The van der Waals surface area contributed by atoms with Gasteiger partial charge in [0.25, 0.3) is 0 Å². The van der Waals surface area contributed by atoms with Crippen LogP contribution in [0.3, 0.4) is 0 Å². The molecule has 10 heteroatoms. The fraction of sp³-hybridized carbons (Fsp3) is 0.360. The molecule has 2 amide bonds. The van der Waals surface area contributed by atoms with Crippen LogP contribution in [0.25, 0.3) is 10.8 Å². The minimum absolute atomic E-state index is 0.0175. The maximum absolute atomic E-state index is 13.3. The van der Waals surface area contributed by atoms with Crippen LogP contribution in [0.4, 0.5) is 10.5 Å². The largest absolute Gasteiger partial charge is 0.497 e. The molecule has 0 atom stereocenters. The Balaban J connectivity index is 1.19. The summed E-state index contributed by atoms with van der Waals surface area (Å²) in [6.07, 6.45) is 3.55. The topological polar surface area (TPSA) is 86.3 Å². The molecular weight excluding hydrogens is 466 g/mol. The standard InChI is InChI=1S/C25H29N5O4S/c1-34-23-4-2-21-19-24(5-3-20(21)18-23)35(32,33)30-16-14-29(15-17-30)25(31)28-12-10-27(11-13-28)22-6-8-26-9-7-22/h2-9,18-19H,10-17H2,1H3. The number of carbonyl (C=O) groups is 1. The summed E-state index contributed by atoms with van der Waals surface area (Å²) in [5.41, 5.74) is 1.11. The van der Waals surface area contributed by atoms with Crippen LogP contribution in [0, 0.1) is 0 Å². The van der Waals surface area contributed by atoms with Gasteiger partial charge in [0.05, 0.1) is 12.0 Å². The molecule has 184 valence electrons. The van der Waals surface area contributed by atoms with E-state index in [0.717, 1.165) is 35.3 Å². The fourth-order valence-electron chi connectivity index (χ4n) is 4.67. The smallest absolute Gasteiger partial charge is 0.320 e. The molecule has 35 heavy (non-hydrogen) atoms. The first-order valence-electron chi connectivity index (χ1n) is 11.7. The number of hydrogen-bond donors (Lipinski definition) is 0. The zero-order valence-electron chi connectivity index (χ0n) is 19.7. The molecule has 0 bridgehead atoms. The highest BCUT2D eigenvalue weighted by molar-refractivity contribution is 7.89. The molecule has 2 aromatic carbocycles. The Hall–Kier alpha value is -3.37. The molecule has 3 aromatic rings. The Bertz CT molecular complexity index is 1300. The number of methoxy groups -OCH3 is 1. The fourth-order valence-corrected chi connectivity index (χ4v) is 6.13. The number of anilines is 1. The molecule has 2 fully saturated rings. The molecule has 0 N–H and O–H groups in total. The van der Waals surface area contributed by atoms with Crippen molar-refractivity contribution in [2.75, 3.05) is 64.4 Å². The number of ether oxygens (including phenoxy) is 1. The lowest BCUT2D eigenvalue weighted by Gasteiger charge is -2.40. The van der Waals surface area contributed by atoms with E-state index < -0.39 is 10.0 Å². The van der Waals surface area contributed by atoms with Gasteiger partial charge in [-0.05, 0) is 47.2 Å². The summed E-state index contributed by atoms with van der Waals surface area (Å²) in [6.45, 7) is 4.14. The highest BCUT2D eigenvalue weighted by atomic mass is 32.2. The summed E-state index contributed by atoms with van der Waals surface area (Å²) >= 11 is 0. The minimum atomic E-state index is -3.64. The monoisotopic (exact) mass is 495 g/mol. The van der Waals surface area contributed by atoms with Gasteiger partial charge in [0.2, 0.25) is 10.0 Å². The molecular formula is C25H29N5O4S. The molecule has 2 aliphatic heterocycles. The molecule has 0 radical (unpaired) electrons. The van der Waals surface area contributed by atoms with Gasteiger partial charge in [-0.2, -0.15) is 4.31 Å². The van der Waals surface area contributed by atoms with Crippen LogP contribution < -0.4 is 9.64 Å². The summed E-state index contributed by atoms with van der Waals surface area (Å²) in [4.78, 5) is 23.3. The van der Waals surface area contributed by atoms with E-state index in [1.54, 1.807) is 42.6 Å². The van der Waals surface area contributed by atoms with Crippen molar-refractivity contribution in [2.24, 2.45) is 0 Å². The third-order valence-electron chi connectivity index (χ3n) is 6.74. The Labute approximate surface area is 205 Å². The van der Waals surface area contributed by atoms with E-state index in [1.807, 2.05) is 35.2 Å². The maximum Gasteiger partial charge on any atom is 0.320 e. The zero-order valence-corrected chi connectivity index (χ0v) is 20.5. The number of nitrogens with zero attached hydrogens (tertiary/aromatic N) is 5. The molecule has 5 rings (SSSR count). The van der Waals surface area contributed by atoms with Crippen LogP contribution in [0.5, 0.6) is 5.75 Å². The van der Waals surface area contributed by atoms with E-state index in [1.165, 1.54) is 4.31 Å². The molecule has 0 spiro atoms. The number of hydrogen-bond acceptors (Lipinski definition) is 6. The third-order valence-corrected chi connectivity index (χ3v) is 8.64. The number of aromatic nitrogens is 1. The number of piperazine rings is 2. The van der Waals surface area contributed by atoms with Crippen molar-refractivity contribution in [3.63, 3.8) is 0 Å². The predicted molar refractivity (Wildman–Crippen MR) is 134 cm³/mol. The van der Waals surface area contributed by atoms with E-state index >= 15 is 0 Å². The maximum atomic E-state index is 13.3. The summed E-state index contributed by atoms with van der Waals surface area (Å²) in [7, 11) is -2.04. The van der Waals surface area contributed by atoms with E-state index in [2.05, 4.69) is 9.88 Å². The molecule has 0 saturated carbocycles. The van der Waals surface area contributed by atoms with Crippen molar-refractivity contribution in [3.05, 3.63) is 60.9 Å². The Morgan fingerprint density at radius 1 is 0.800 bits per heavy atom. The van der Waals surface area contributed by atoms with E-state index in [4.69, 9.17) is 4.74 Å². The molecule has 0 aliphatic carbocycles. The van der Waals surface area contributed by atoms with Gasteiger partial charge in [-0.15, -0.1) is 0 Å². The first-order valence-corrected chi connectivity index (χ1v) is 13.2. The van der Waals surface area contributed by atoms with Crippen LogP contribution in [-0.4, -0.2) is 93.0 Å². The molecule has 0 unspecified atom stereocenters. The van der Waals surface area contributed by atoms with Gasteiger partial charge >= 0.3 is 6.03 Å². The van der Waals surface area contributed by atoms with E-state index in [-0.39, 0.29) is 24.0 Å². The van der Waals surface area contributed by atoms with Gasteiger partial charge in [0.15, 0.2) is 0 Å². The van der Waals surface area contributed by atoms with Crippen LogP contribution in [0.2, 0.25) is 0 Å². The quantitative estimate of drug-likeness (QED) is 0.553. The Morgan fingerprint density at radius 3 is 2.06 bits per heavy atom. The third kappa shape index (κ3) is 4.76. The molecule has 9 nitrogen and oxygen atoms in total. The van der Waals surface area contributed by atoms with Crippen LogP contribution in [0.15, 0.2) is 65.8 Å². The van der Waals surface area contributed by atoms with E-state index in [9.17, 15) is 13.2 Å². The summed E-state index contributed by atoms with van der Waals surface area (Å²) in [5, 5.41) is 1.76. The van der Waals surface area contributed by atoms with Crippen LogP contribution in [0.1, 0.15) is 0 Å². The number of fused-ring (bicyclic) bond motifs is 1. The lowest BCUT2D eigenvalue weighted by molar-refractivity contribution is 0.132. The van der Waals surface area contributed by atoms with Crippen molar-refractivity contribution in [1.29, 1.82) is 0 Å². The Morgan fingerprint density at radius 2 is 1.40 bits per heavy atom. The second kappa shape index (κ2) is 9.71. The summed E-state index contributed by atoms with van der Waals surface area (Å²) < 4.78 is 33.3. The van der Waals surface area contributed by atoms with E-state index in [0.29, 0.717) is 26.2 Å². The van der Waals surface area contributed by atoms with Crippen molar-refractivity contribution >= 4 is 32.5 Å². The average molecular weight is 496 g/mol. The number of amides is 2. The molecule has 1 aromatic heterocycles. The van der Waals surface area contributed by atoms with Crippen molar-refractivity contribution < 1.29 is 17.9 Å². The minimum Gasteiger partial charge on any atom is -0.497 e. The number of urea groups is 1. The molecule has 2 saturated heterocycles. The van der Waals surface area contributed by atoms with Gasteiger partial charge in [-0.25, -0.2) is 13.2 Å². The predicted octanol–water partition coefficient (Wildman–Crippen LogP) is 2.49. The lowest BCUT2D eigenvalue weighted by Crippen LogP contribution is -2.57. The lowest BCUT2D eigenvalue weighted by atomic mass is 10.1. The van der Waals surface area contributed by atoms with Crippen molar-refractivity contribution in [1.82, 2.24) is 19.1 Å². The average Bonchev–Trinajstić information content (AvgIpc) is 2.92. The van der Waals surface area contributed by atoms with Crippen LogP contribution in [-0.2, 0) is 10.0 Å². The number of carbonyl (C=O) groups excluding carboxylic acids is 1. The summed E-state index contributed by atoms with van der Waals surface area (Å²) in [6, 6.07) is 14.6. The second-order valence-electron chi connectivity index (χ2n) is 8.73. The number of rotatable bonds is 4. The Kier molecular flexibility index (Phi) is 6.48. The van der Waals surface area contributed by atoms with Gasteiger partial charge in [0.1, 0.15) is 5.75 Å². The SMILES string of the molecule is COc1ccc2cc(S(=O)(=O)N3CCN(C(=O)N4CCN(c5ccncc5)CC4)CC3)ccc2c1. The highest BCUT2D eigenvalue weighted by Crippen LogP contribution is 2.26. The number of benzene rings is 2. The van der Waals surface area contributed by atoms with Gasteiger partial charge in [0, 0.05) is 70.4 Å². The first-order chi connectivity index (χ1) is 17.0. The van der Waals surface area contributed by atoms with Gasteiger partial charge in [-0.3, -0.25) is 4.98 Å². The van der Waals surface area contributed by atoms with Gasteiger partial charge < -0.3 is 19.4 Å². The number of pyridine rings is 1. The second-order valence-corrected chi connectivity index (χ2v) is 10.7. The zero-order chi connectivity index (χ0) is 24.4. The molecule has 2 aliphatic rings. The molecule has 3 heterocycles. The highest BCUT2D eigenvalue weighted by Gasteiger charge is 2.32. The number of sulfonamides is 1. The van der Waals surface area contributed by atoms with Crippen molar-refractivity contribution in [2.45, 2.75) is 4.90 Å². The van der Waals surface area contributed by atoms with Crippen molar-refractivity contribution in [3.8, 4) is 5.75 Å². The van der Waals surface area contributed by atoms with Gasteiger partial charge in [-0.1, -0.05) is 12.1 Å².